The van der Waals surface area contributed by atoms with Gasteiger partial charge in [0.1, 0.15) is 5.54 Å². The Morgan fingerprint density at radius 1 is 1.30 bits per heavy atom. The van der Waals surface area contributed by atoms with E-state index in [1.807, 2.05) is 12.1 Å². The molecule has 3 rings (SSSR count). The molecule has 108 valence electrons. The predicted octanol–water partition coefficient (Wildman–Crippen LogP) is 3.24. The molecule has 3 nitrogen and oxygen atoms in total. The molecule has 1 aromatic rings. The molecule has 0 amide bonds. The van der Waals surface area contributed by atoms with Crippen molar-refractivity contribution in [1.29, 1.82) is 0 Å². The van der Waals surface area contributed by atoms with Gasteiger partial charge in [0, 0.05) is 18.1 Å². The smallest absolute Gasteiger partial charge is 0.323 e. The van der Waals surface area contributed by atoms with Gasteiger partial charge in [-0.1, -0.05) is 23.7 Å². The quantitative estimate of drug-likeness (QED) is 0.930. The van der Waals surface area contributed by atoms with Crippen molar-refractivity contribution >= 4 is 17.6 Å². The molecule has 3 unspecified atom stereocenters. The van der Waals surface area contributed by atoms with Crippen LogP contribution in [0.5, 0.6) is 0 Å². The highest BCUT2D eigenvalue weighted by molar-refractivity contribution is 6.30. The number of carboxylic acid groups (broad SMARTS) is 1. The maximum absolute atomic E-state index is 11.4. The topological polar surface area (TPSA) is 40.5 Å². The summed E-state index contributed by atoms with van der Waals surface area (Å²) in [5.74, 6) is 1.07. The minimum Gasteiger partial charge on any atom is -0.480 e. The maximum Gasteiger partial charge on any atom is 0.323 e. The Balaban J connectivity index is 1.72. The Morgan fingerprint density at radius 3 is 2.55 bits per heavy atom. The number of halogens is 1. The lowest BCUT2D eigenvalue weighted by atomic mass is 9.64. The van der Waals surface area contributed by atoms with Gasteiger partial charge >= 0.3 is 5.97 Å². The van der Waals surface area contributed by atoms with Gasteiger partial charge in [-0.2, -0.15) is 0 Å². The molecule has 1 saturated heterocycles. The van der Waals surface area contributed by atoms with Crippen LogP contribution in [0.4, 0.5) is 0 Å². The zero-order chi connectivity index (χ0) is 14.5. The van der Waals surface area contributed by atoms with Crippen LogP contribution >= 0.6 is 11.6 Å². The summed E-state index contributed by atoms with van der Waals surface area (Å²) in [6.45, 7) is 5.40. The fraction of sp³-hybridized carbons (Fsp3) is 0.562. The van der Waals surface area contributed by atoms with Gasteiger partial charge in [-0.05, 0) is 55.7 Å². The van der Waals surface area contributed by atoms with Crippen molar-refractivity contribution in [1.82, 2.24) is 4.90 Å². The monoisotopic (exact) mass is 293 g/mol. The van der Waals surface area contributed by atoms with Gasteiger partial charge in [-0.3, -0.25) is 9.69 Å². The van der Waals surface area contributed by atoms with Crippen LogP contribution in [0.2, 0.25) is 5.02 Å². The number of carboxylic acids is 1. The Bertz CT molecular complexity index is 526. The number of aliphatic carboxylic acids is 1. The summed E-state index contributed by atoms with van der Waals surface area (Å²) >= 11 is 5.93. The van der Waals surface area contributed by atoms with Crippen molar-refractivity contribution in [2.45, 2.75) is 31.7 Å². The molecular formula is C16H20ClNO2. The third-order valence-electron chi connectivity index (χ3n) is 5.18. The van der Waals surface area contributed by atoms with Gasteiger partial charge in [0.15, 0.2) is 0 Å². The second-order valence-electron chi connectivity index (χ2n) is 6.59. The van der Waals surface area contributed by atoms with Gasteiger partial charge < -0.3 is 5.11 Å². The van der Waals surface area contributed by atoms with E-state index in [9.17, 15) is 9.90 Å². The van der Waals surface area contributed by atoms with E-state index in [1.165, 1.54) is 12.0 Å². The Morgan fingerprint density at radius 2 is 1.95 bits per heavy atom. The van der Waals surface area contributed by atoms with Crippen LogP contribution in [0.15, 0.2) is 24.3 Å². The van der Waals surface area contributed by atoms with E-state index in [4.69, 9.17) is 11.6 Å². The largest absolute Gasteiger partial charge is 0.480 e. The summed E-state index contributed by atoms with van der Waals surface area (Å²) in [6.07, 6.45) is 1.17. The molecule has 0 radical (unpaired) electrons. The summed E-state index contributed by atoms with van der Waals surface area (Å²) in [5.41, 5.74) is 0.577. The van der Waals surface area contributed by atoms with Crippen molar-refractivity contribution < 1.29 is 9.90 Å². The molecule has 4 heteroatoms. The van der Waals surface area contributed by atoms with Crippen LogP contribution in [0.3, 0.4) is 0 Å². The Labute approximate surface area is 124 Å². The number of nitrogens with zero attached hydrogens (tertiary/aromatic N) is 1. The Hall–Kier alpha value is -1.06. The average Bonchev–Trinajstić information content (AvgIpc) is 2.70. The van der Waals surface area contributed by atoms with Gasteiger partial charge in [-0.25, -0.2) is 0 Å². The van der Waals surface area contributed by atoms with E-state index >= 15 is 0 Å². The molecule has 1 N–H and O–H groups in total. The highest BCUT2D eigenvalue weighted by atomic mass is 35.5. The molecule has 2 fully saturated rings. The third-order valence-corrected chi connectivity index (χ3v) is 5.43. The third kappa shape index (κ3) is 2.13. The van der Waals surface area contributed by atoms with E-state index in [1.54, 1.807) is 13.8 Å². The number of hydrogen-bond acceptors (Lipinski definition) is 2. The summed E-state index contributed by atoms with van der Waals surface area (Å²) in [7, 11) is 0. The lowest BCUT2D eigenvalue weighted by Crippen LogP contribution is -2.48. The summed E-state index contributed by atoms with van der Waals surface area (Å²) in [5, 5.41) is 10.1. The van der Waals surface area contributed by atoms with E-state index in [0.29, 0.717) is 17.8 Å². The van der Waals surface area contributed by atoms with Gasteiger partial charge in [-0.15, -0.1) is 0 Å². The minimum absolute atomic E-state index is 0.562. The zero-order valence-corrected chi connectivity index (χ0v) is 12.6. The normalized spacial score (nSPS) is 29.9. The standard InChI is InChI=1S/C16H20ClNO2/c1-16(2,15(19)20)18-8-11-7-13(14(11)9-18)10-3-5-12(17)6-4-10/h3-6,11,13-14H,7-9H2,1-2H3,(H,19,20). The van der Waals surface area contributed by atoms with E-state index in [2.05, 4.69) is 17.0 Å². The van der Waals surface area contributed by atoms with E-state index in [-0.39, 0.29) is 0 Å². The highest BCUT2D eigenvalue weighted by Crippen LogP contribution is 2.52. The second-order valence-corrected chi connectivity index (χ2v) is 7.02. The van der Waals surface area contributed by atoms with Gasteiger partial charge in [0.25, 0.3) is 0 Å². The molecular weight excluding hydrogens is 274 g/mol. The highest BCUT2D eigenvalue weighted by Gasteiger charge is 2.51. The first-order chi connectivity index (χ1) is 9.39. The predicted molar refractivity (Wildman–Crippen MR) is 79.1 cm³/mol. The minimum atomic E-state index is -0.762. The van der Waals surface area contributed by atoms with Crippen LogP contribution in [0.1, 0.15) is 31.7 Å². The van der Waals surface area contributed by atoms with Crippen LogP contribution in [0.25, 0.3) is 0 Å². The van der Waals surface area contributed by atoms with Gasteiger partial charge in [0.2, 0.25) is 0 Å². The summed E-state index contributed by atoms with van der Waals surface area (Å²) in [6, 6.07) is 8.10. The number of benzene rings is 1. The molecule has 20 heavy (non-hydrogen) atoms. The molecule has 1 aromatic carbocycles. The summed E-state index contributed by atoms with van der Waals surface area (Å²) < 4.78 is 0. The first-order valence-corrected chi connectivity index (χ1v) is 7.51. The maximum atomic E-state index is 11.4. The number of hydrogen-bond donors (Lipinski definition) is 1. The van der Waals surface area contributed by atoms with E-state index in [0.717, 1.165) is 18.1 Å². The molecule has 1 saturated carbocycles. The zero-order valence-electron chi connectivity index (χ0n) is 11.8. The number of likely N-dealkylation sites (tertiary alicyclic amines) is 1. The number of rotatable bonds is 3. The lowest BCUT2D eigenvalue weighted by molar-refractivity contribution is -0.148. The molecule has 0 aromatic heterocycles. The molecule has 0 bridgehead atoms. The molecule has 0 spiro atoms. The molecule has 1 heterocycles. The SMILES string of the molecule is CC(C)(C(=O)O)N1CC2CC(c3ccc(Cl)cc3)C2C1. The molecule has 1 aliphatic heterocycles. The number of carbonyl (C=O) groups is 1. The van der Waals surface area contributed by atoms with Crippen molar-refractivity contribution in [3.05, 3.63) is 34.9 Å². The van der Waals surface area contributed by atoms with Gasteiger partial charge in [0.05, 0.1) is 0 Å². The van der Waals surface area contributed by atoms with Crippen LogP contribution in [-0.4, -0.2) is 34.6 Å². The Kier molecular flexibility index (Phi) is 3.30. The van der Waals surface area contributed by atoms with Crippen molar-refractivity contribution in [2.75, 3.05) is 13.1 Å². The van der Waals surface area contributed by atoms with Crippen molar-refractivity contribution in [3.63, 3.8) is 0 Å². The van der Waals surface area contributed by atoms with Crippen LogP contribution < -0.4 is 0 Å². The van der Waals surface area contributed by atoms with E-state index < -0.39 is 11.5 Å². The first kappa shape index (κ1) is 13.9. The fourth-order valence-electron chi connectivity index (χ4n) is 3.59. The van der Waals surface area contributed by atoms with Crippen molar-refractivity contribution in [2.24, 2.45) is 11.8 Å². The second kappa shape index (κ2) is 4.74. The lowest BCUT2D eigenvalue weighted by Gasteiger charge is -2.40. The fourth-order valence-corrected chi connectivity index (χ4v) is 3.72. The van der Waals surface area contributed by atoms with Crippen LogP contribution in [-0.2, 0) is 4.79 Å². The molecule has 2 aliphatic rings. The molecule has 1 aliphatic carbocycles. The summed E-state index contributed by atoms with van der Waals surface area (Å²) in [4.78, 5) is 13.5. The average molecular weight is 294 g/mol. The molecule has 3 atom stereocenters. The van der Waals surface area contributed by atoms with Crippen molar-refractivity contribution in [3.8, 4) is 0 Å². The van der Waals surface area contributed by atoms with Crippen LogP contribution in [0, 0.1) is 11.8 Å². The number of fused-ring (bicyclic) bond motifs is 1. The first-order valence-electron chi connectivity index (χ1n) is 7.13.